The molecule has 0 fully saturated rings. The molecule has 106 valence electrons. The highest BCUT2D eigenvalue weighted by atomic mass is 28.3. The van der Waals surface area contributed by atoms with Crippen molar-refractivity contribution in [3.63, 3.8) is 0 Å². The summed E-state index contributed by atoms with van der Waals surface area (Å²) >= 11 is 0. The quantitative estimate of drug-likeness (QED) is 0.280. The lowest BCUT2D eigenvalue weighted by molar-refractivity contribution is 0.268. The van der Waals surface area contributed by atoms with Crippen molar-refractivity contribution in [2.45, 2.75) is 72.0 Å². The van der Waals surface area contributed by atoms with Gasteiger partial charge in [-0.15, -0.1) is 0 Å². The van der Waals surface area contributed by atoms with E-state index in [1.165, 1.54) is 32.1 Å². The minimum absolute atomic E-state index is 0.764. The molecule has 0 aliphatic rings. The fraction of sp³-hybridized carbons (Fsp3) is 0.750. The van der Waals surface area contributed by atoms with E-state index in [1.807, 2.05) is 13.2 Å². The Morgan fingerprint density at radius 3 is 2.33 bits per heavy atom. The third-order valence-corrected chi connectivity index (χ3v) is 4.00. The molecule has 0 aromatic rings. The van der Waals surface area contributed by atoms with Crippen LogP contribution >= 0.6 is 0 Å². The molecule has 0 aliphatic carbocycles. The lowest BCUT2D eigenvalue weighted by atomic mass is 10.1. The summed E-state index contributed by atoms with van der Waals surface area (Å²) in [5.74, 6) is 0. The van der Waals surface area contributed by atoms with Crippen LogP contribution in [0.1, 0.15) is 52.4 Å². The van der Waals surface area contributed by atoms with Gasteiger partial charge in [0.2, 0.25) is 0 Å². The average molecular weight is 269 g/mol. The molecular weight excluding hydrogens is 236 g/mol. The number of unbranched alkanes of at least 4 members (excludes halogenated alkanes) is 3. The molecule has 0 radical (unpaired) electrons. The van der Waals surface area contributed by atoms with Crippen molar-refractivity contribution in [1.82, 2.24) is 0 Å². The molecule has 0 spiro atoms. The molecular formula is C16H32OSi. The Morgan fingerprint density at radius 2 is 1.78 bits per heavy atom. The van der Waals surface area contributed by atoms with Gasteiger partial charge in [0.25, 0.3) is 0 Å². The van der Waals surface area contributed by atoms with Gasteiger partial charge in [-0.3, -0.25) is 0 Å². The van der Waals surface area contributed by atoms with Gasteiger partial charge in [0.1, 0.15) is 0 Å². The summed E-state index contributed by atoms with van der Waals surface area (Å²) < 4.78 is 5.26. The summed E-state index contributed by atoms with van der Waals surface area (Å²) in [7, 11) is -1.09. The van der Waals surface area contributed by atoms with E-state index in [9.17, 15) is 0 Å². The molecule has 0 N–H and O–H groups in total. The summed E-state index contributed by atoms with van der Waals surface area (Å²) in [5, 5.41) is 0. The molecule has 0 heterocycles. The highest BCUT2D eigenvalue weighted by Crippen LogP contribution is 2.18. The first-order chi connectivity index (χ1) is 8.49. The number of hydrogen-bond acceptors (Lipinski definition) is 1. The largest absolute Gasteiger partial charge is 0.502 e. The molecule has 2 heteroatoms. The van der Waals surface area contributed by atoms with E-state index < -0.39 is 8.07 Å². The monoisotopic (exact) mass is 268 g/mol. The van der Waals surface area contributed by atoms with Crippen LogP contribution in [0.25, 0.3) is 0 Å². The Labute approximate surface area is 115 Å². The number of allylic oxidation sites excluding steroid dienone is 2. The van der Waals surface area contributed by atoms with E-state index in [0.29, 0.717) is 0 Å². The Balaban J connectivity index is 4.22. The Morgan fingerprint density at radius 1 is 1.06 bits per heavy atom. The van der Waals surface area contributed by atoms with E-state index in [-0.39, 0.29) is 0 Å². The Hall–Kier alpha value is -0.503. The first-order valence-corrected chi connectivity index (χ1v) is 11.0. The minimum atomic E-state index is -1.09. The maximum absolute atomic E-state index is 5.26. The zero-order chi connectivity index (χ0) is 13.9. The summed E-state index contributed by atoms with van der Waals surface area (Å²) in [4.78, 5) is 0. The van der Waals surface area contributed by atoms with E-state index in [1.54, 1.807) is 5.57 Å². The summed E-state index contributed by atoms with van der Waals surface area (Å²) in [5.41, 5.74) is 4.18. The normalized spacial score (nSPS) is 13.3. The van der Waals surface area contributed by atoms with Crippen molar-refractivity contribution in [3.8, 4) is 0 Å². The average Bonchev–Trinajstić information content (AvgIpc) is 2.28. The predicted molar refractivity (Wildman–Crippen MR) is 85.6 cm³/mol. The van der Waals surface area contributed by atoms with E-state index in [0.717, 1.165) is 13.0 Å². The van der Waals surface area contributed by atoms with Gasteiger partial charge in [0.15, 0.2) is 0 Å². The van der Waals surface area contributed by atoms with Crippen LogP contribution in [0.15, 0.2) is 23.6 Å². The highest BCUT2D eigenvalue weighted by Gasteiger charge is 2.10. The molecule has 18 heavy (non-hydrogen) atoms. The van der Waals surface area contributed by atoms with Gasteiger partial charge in [-0.2, -0.15) is 0 Å². The molecule has 0 aromatic carbocycles. The molecule has 1 nitrogen and oxygen atoms in total. The second kappa shape index (κ2) is 10.4. The maximum atomic E-state index is 5.26. The molecule has 0 saturated carbocycles. The molecule has 0 saturated heterocycles. The maximum Gasteiger partial charge on any atom is 0.0845 e. The zero-order valence-electron chi connectivity index (χ0n) is 13.1. The first kappa shape index (κ1) is 17.5. The first-order valence-electron chi connectivity index (χ1n) is 7.46. The van der Waals surface area contributed by atoms with Crippen LogP contribution in [0.4, 0.5) is 0 Å². The van der Waals surface area contributed by atoms with Crippen LogP contribution in [-0.4, -0.2) is 14.7 Å². The van der Waals surface area contributed by atoms with Gasteiger partial charge >= 0.3 is 0 Å². The predicted octanol–water partition coefficient (Wildman–Crippen LogP) is 5.70. The standard InChI is InChI=1S/C16H32OSi/c1-6-8-9-10-12-16(15-18(3,4)5)13-11-14-17-7-2/h11,14-15H,6-10,12-13H2,1-5H3/b14-11+,16-15+. The molecule has 0 aromatic heterocycles. The van der Waals surface area contributed by atoms with Crippen molar-refractivity contribution in [1.29, 1.82) is 0 Å². The highest BCUT2D eigenvalue weighted by molar-refractivity contribution is 6.81. The lowest BCUT2D eigenvalue weighted by Crippen LogP contribution is -2.16. The second-order valence-corrected chi connectivity index (χ2v) is 11.0. The molecule has 0 amide bonds. The van der Waals surface area contributed by atoms with Crippen LogP contribution in [0, 0.1) is 0 Å². The van der Waals surface area contributed by atoms with Gasteiger partial charge in [-0.05, 0) is 32.3 Å². The number of ether oxygens (including phenoxy) is 1. The van der Waals surface area contributed by atoms with Crippen LogP contribution in [0.2, 0.25) is 19.6 Å². The lowest BCUT2D eigenvalue weighted by Gasteiger charge is -2.14. The van der Waals surface area contributed by atoms with Crippen molar-refractivity contribution >= 4 is 8.07 Å². The van der Waals surface area contributed by atoms with Crippen LogP contribution < -0.4 is 0 Å². The van der Waals surface area contributed by atoms with Crippen molar-refractivity contribution in [2.75, 3.05) is 6.61 Å². The van der Waals surface area contributed by atoms with Crippen molar-refractivity contribution in [3.05, 3.63) is 23.6 Å². The Bertz CT molecular complexity index is 248. The zero-order valence-corrected chi connectivity index (χ0v) is 14.1. The fourth-order valence-corrected chi connectivity index (χ4v) is 3.48. The third kappa shape index (κ3) is 12.0. The number of rotatable bonds is 10. The van der Waals surface area contributed by atoms with Crippen molar-refractivity contribution in [2.24, 2.45) is 0 Å². The molecule has 0 atom stereocenters. The van der Waals surface area contributed by atoms with Crippen molar-refractivity contribution < 1.29 is 4.74 Å². The van der Waals surface area contributed by atoms with E-state index >= 15 is 0 Å². The molecule has 0 bridgehead atoms. The van der Waals surface area contributed by atoms with E-state index in [2.05, 4.69) is 38.3 Å². The smallest absolute Gasteiger partial charge is 0.0845 e. The van der Waals surface area contributed by atoms with Gasteiger partial charge in [0, 0.05) is 0 Å². The van der Waals surface area contributed by atoms with Gasteiger partial charge in [-0.25, -0.2) is 0 Å². The topological polar surface area (TPSA) is 9.23 Å². The fourth-order valence-electron chi connectivity index (χ4n) is 1.99. The SMILES string of the molecule is CCCCCC/C(=C\[Si](C)(C)C)C/C=C/OCC. The summed E-state index contributed by atoms with van der Waals surface area (Å²) in [6, 6.07) is 0. The Kier molecular flexibility index (Phi) is 10.1. The van der Waals surface area contributed by atoms with Crippen LogP contribution in [-0.2, 0) is 4.74 Å². The van der Waals surface area contributed by atoms with E-state index in [4.69, 9.17) is 4.74 Å². The van der Waals surface area contributed by atoms with Crippen LogP contribution in [0.5, 0.6) is 0 Å². The summed E-state index contributed by atoms with van der Waals surface area (Å²) in [6.07, 6.45) is 11.7. The van der Waals surface area contributed by atoms with Gasteiger partial charge in [-0.1, -0.05) is 57.1 Å². The second-order valence-electron chi connectivity index (χ2n) is 6.01. The van der Waals surface area contributed by atoms with Gasteiger partial charge in [0.05, 0.1) is 20.9 Å². The minimum Gasteiger partial charge on any atom is -0.502 e. The number of hydrogen-bond donors (Lipinski definition) is 0. The third-order valence-electron chi connectivity index (χ3n) is 2.73. The van der Waals surface area contributed by atoms with Crippen LogP contribution in [0.3, 0.4) is 0 Å². The molecule has 0 aliphatic heterocycles. The summed E-state index contributed by atoms with van der Waals surface area (Å²) in [6.45, 7) is 12.3. The van der Waals surface area contributed by atoms with Gasteiger partial charge < -0.3 is 4.74 Å². The molecule has 0 unspecified atom stereocenters. The molecule has 0 rings (SSSR count).